The van der Waals surface area contributed by atoms with E-state index in [-0.39, 0.29) is 37.5 Å². The van der Waals surface area contributed by atoms with E-state index in [9.17, 15) is 23.5 Å². The van der Waals surface area contributed by atoms with Gasteiger partial charge in [-0.25, -0.2) is 4.79 Å². The molecule has 0 spiro atoms. The number of unbranched alkanes of at least 4 members (excludes halogenated alkanes) is 3. The van der Waals surface area contributed by atoms with Gasteiger partial charge in [0.1, 0.15) is 6.10 Å². The Balaban J connectivity index is 1.86. The van der Waals surface area contributed by atoms with Gasteiger partial charge in [0.15, 0.2) is 0 Å². The molecule has 1 fully saturated rings. The number of amides is 1. The van der Waals surface area contributed by atoms with Crippen LogP contribution in [0.4, 0.5) is 13.6 Å². The highest BCUT2D eigenvalue weighted by Gasteiger charge is 2.41. The molecule has 6 nitrogen and oxygen atoms in total. The third-order valence-corrected chi connectivity index (χ3v) is 5.79. The lowest BCUT2D eigenvalue weighted by Gasteiger charge is -2.36. The van der Waals surface area contributed by atoms with Crippen LogP contribution in [-0.2, 0) is 15.5 Å². The van der Waals surface area contributed by atoms with Crippen LogP contribution in [0, 0.1) is 0 Å². The van der Waals surface area contributed by atoms with E-state index >= 15 is 0 Å². The van der Waals surface area contributed by atoms with E-state index in [0.29, 0.717) is 30.3 Å². The van der Waals surface area contributed by atoms with Crippen LogP contribution in [0.15, 0.2) is 28.7 Å². The second-order valence-electron chi connectivity index (χ2n) is 7.53. The van der Waals surface area contributed by atoms with Gasteiger partial charge in [-0.3, -0.25) is 4.79 Å². The quantitative estimate of drug-likeness (QED) is 0.404. The maximum absolute atomic E-state index is 14.6. The summed E-state index contributed by atoms with van der Waals surface area (Å²) in [5.41, 5.74) is -0.259. The van der Waals surface area contributed by atoms with E-state index in [0.717, 1.165) is 12.8 Å². The number of carbonyl (C=O) groups is 2. The summed E-state index contributed by atoms with van der Waals surface area (Å²) >= 11 is 3.16. The Hall–Kier alpha value is -1.74. The van der Waals surface area contributed by atoms with Gasteiger partial charge in [0.05, 0.1) is 6.61 Å². The van der Waals surface area contributed by atoms with Crippen molar-refractivity contribution in [3.63, 3.8) is 0 Å². The Morgan fingerprint density at radius 1 is 1.30 bits per heavy atom. The number of halogens is 3. The summed E-state index contributed by atoms with van der Waals surface area (Å²) < 4.78 is 34.8. The molecule has 2 unspecified atom stereocenters. The molecule has 1 aliphatic rings. The molecule has 1 saturated heterocycles. The molecule has 1 aliphatic heterocycles. The molecule has 0 aliphatic carbocycles. The molecule has 0 aromatic heterocycles. The second kappa shape index (κ2) is 11.6. The van der Waals surface area contributed by atoms with Crippen LogP contribution in [0.5, 0.6) is 0 Å². The number of aliphatic hydroxyl groups is 1. The number of carboxylic acid groups (broad SMARTS) is 1. The fourth-order valence-electron chi connectivity index (χ4n) is 3.58. The average molecular weight is 492 g/mol. The van der Waals surface area contributed by atoms with Crippen LogP contribution < -0.4 is 0 Å². The van der Waals surface area contributed by atoms with Crippen molar-refractivity contribution in [1.29, 1.82) is 0 Å². The molecule has 30 heavy (non-hydrogen) atoms. The lowest BCUT2D eigenvalue weighted by molar-refractivity contribution is -0.137. The first-order chi connectivity index (χ1) is 14.2. The van der Waals surface area contributed by atoms with Crippen LogP contribution in [0.25, 0.3) is 0 Å². The third-order valence-electron chi connectivity index (χ3n) is 5.29. The van der Waals surface area contributed by atoms with Crippen molar-refractivity contribution < 1.29 is 33.3 Å². The maximum Gasteiger partial charge on any atom is 0.410 e. The SMILES string of the molecule is O=C(O)CCCCCCN1C(=O)OCCC1CCC(O)C(F)(F)c1cccc(Br)c1. The van der Waals surface area contributed by atoms with Crippen LogP contribution in [0.2, 0.25) is 0 Å². The summed E-state index contributed by atoms with van der Waals surface area (Å²) in [7, 11) is 0. The molecule has 168 valence electrons. The molecule has 2 N–H and O–H groups in total. The fraction of sp³-hybridized carbons (Fsp3) is 0.619. The van der Waals surface area contributed by atoms with Crippen LogP contribution in [0.3, 0.4) is 0 Å². The maximum atomic E-state index is 14.6. The van der Waals surface area contributed by atoms with Gasteiger partial charge >= 0.3 is 12.1 Å². The molecule has 1 aromatic rings. The number of aliphatic carboxylic acids is 1. The molecule has 2 atom stereocenters. The largest absolute Gasteiger partial charge is 0.481 e. The topological polar surface area (TPSA) is 87.1 Å². The number of carboxylic acids is 1. The first-order valence-electron chi connectivity index (χ1n) is 10.2. The zero-order valence-corrected chi connectivity index (χ0v) is 18.3. The van der Waals surface area contributed by atoms with Gasteiger partial charge in [-0.15, -0.1) is 0 Å². The number of rotatable bonds is 12. The van der Waals surface area contributed by atoms with E-state index in [1.54, 1.807) is 11.0 Å². The molecule has 0 bridgehead atoms. The van der Waals surface area contributed by atoms with Crippen LogP contribution in [-0.4, -0.2) is 52.5 Å². The van der Waals surface area contributed by atoms with Crippen molar-refractivity contribution in [2.45, 2.75) is 69.4 Å². The average Bonchev–Trinajstić information content (AvgIpc) is 2.69. The molecule has 1 aromatic carbocycles. The molecule has 2 rings (SSSR count). The highest BCUT2D eigenvalue weighted by atomic mass is 79.9. The summed E-state index contributed by atoms with van der Waals surface area (Å²) in [4.78, 5) is 24.2. The summed E-state index contributed by atoms with van der Waals surface area (Å²) in [5, 5.41) is 18.8. The highest BCUT2D eigenvalue weighted by molar-refractivity contribution is 9.10. The van der Waals surface area contributed by atoms with Gasteiger partial charge in [-0.2, -0.15) is 8.78 Å². The molecule has 0 saturated carbocycles. The predicted octanol–water partition coefficient (Wildman–Crippen LogP) is 4.93. The zero-order chi connectivity index (χ0) is 22.1. The minimum Gasteiger partial charge on any atom is -0.481 e. The fourth-order valence-corrected chi connectivity index (χ4v) is 3.98. The van der Waals surface area contributed by atoms with Gasteiger partial charge in [-0.05, 0) is 37.8 Å². The number of nitrogens with zero attached hydrogens (tertiary/aromatic N) is 1. The van der Waals surface area contributed by atoms with Gasteiger partial charge in [0.2, 0.25) is 0 Å². The summed E-state index contributed by atoms with van der Waals surface area (Å²) in [6, 6.07) is 5.44. The Bertz CT molecular complexity index is 718. The highest BCUT2D eigenvalue weighted by Crippen LogP contribution is 2.35. The van der Waals surface area contributed by atoms with Crippen molar-refractivity contribution in [2.75, 3.05) is 13.2 Å². The third kappa shape index (κ3) is 7.19. The minimum atomic E-state index is -3.39. The normalized spacial score (nSPS) is 18.2. The van der Waals surface area contributed by atoms with Crippen molar-refractivity contribution in [3.05, 3.63) is 34.3 Å². The van der Waals surface area contributed by atoms with Crippen molar-refractivity contribution >= 4 is 28.0 Å². The van der Waals surface area contributed by atoms with Crippen molar-refractivity contribution in [3.8, 4) is 0 Å². The monoisotopic (exact) mass is 491 g/mol. The number of cyclic esters (lactones) is 1. The molecule has 0 radical (unpaired) electrons. The van der Waals surface area contributed by atoms with E-state index in [4.69, 9.17) is 9.84 Å². The Labute approximate surface area is 183 Å². The summed E-state index contributed by atoms with van der Waals surface area (Å²) in [6.07, 6.45) is 1.21. The van der Waals surface area contributed by atoms with Gasteiger partial charge in [0.25, 0.3) is 5.92 Å². The molecule has 9 heteroatoms. The predicted molar refractivity (Wildman–Crippen MR) is 110 cm³/mol. The van der Waals surface area contributed by atoms with Crippen LogP contribution in [0.1, 0.15) is 56.9 Å². The van der Waals surface area contributed by atoms with Gasteiger partial charge in [-0.1, -0.05) is 40.9 Å². The lowest BCUT2D eigenvalue weighted by Crippen LogP contribution is -2.46. The minimum absolute atomic E-state index is 0.123. The summed E-state index contributed by atoms with van der Waals surface area (Å²) in [6.45, 7) is 0.658. The first kappa shape index (κ1) is 24.5. The first-order valence-corrected chi connectivity index (χ1v) is 11.0. The van der Waals surface area contributed by atoms with E-state index in [1.165, 1.54) is 18.2 Å². The molecular weight excluding hydrogens is 464 g/mol. The standard InChI is InChI=1S/C21H28BrF2NO5/c22-16-7-5-6-15(14-16)21(23,24)18(26)10-9-17-11-13-30-20(29)25(17)12-4-2-1-3-8-19(27)28/h5-7,14,17-18,26H,1-4,8-13H2,(H,27,28). The van der Waals surface area contributed by atoms with E-state index < -0.39 is 24.1 Å². The number of hydrogen-bond acceptors (Lipinski definition) is 4. The van der Waals surface area contributed by atoms with Crippen molar-refractivity contribution in [1.82, 2.24) is 4.90 Å². The lowest BCUT2D eigenvalue weighted by atomic mass is 9.96. The molecule has 1 heterocycles. The van der Waals surface area contributed by atoms with E-state index in [1.807, 2.05) is 0 Å². The van der Waals surface area contributed by atoms with Gasteiger partial charge < -0.3 is 19.8 Å². The van der Waals surface area contributed by atoms with Crippen molar-refractivity contribution in [2.24, 2.45) is 0 Å². The smallest absolute Gasteiger partial charge is 0.410 e. The number of carbonyl (C=O) groups excluding carboxylic acids is 1. The Morgan fingerprint density at radius 3 is 2.73 bits per heavy atom. The number of ether oxygens (including phenoxy) is 1. The molecular formula is C21H28BrF2NO5. The number of benzene rings is 1. The Kier molecular flexibility index (Phi) is 9.48. The van der Waals surface area contributed by atoms with Gasteiger partial charge in [0, 0.05) is 35.5 Å². The molecule has 1 amide bonds. The zero-order valence-electron chi connectivity index (χ0n) is 16.7. The van der Waals surface area contributed by atoms with E-state index in [2.05, 4.69) is 15.9 Å². The Morgan fingerprint density at radius 2 is 2.03 bits per heavy atom. The number of alkyl halides is 2. The number of aliphatic hydroxyl groups excluding tert-OH is 1. The van der Waals surface area contributed by atoms with Crippen LogP contribution >= 0.6 is 15.9 Å². The number of hydrogen-bond donors (Lipinski definition) is 2. The second-order valence-corrected chi connectivity index (χ2v) is 8.45. The summed E-state index contributed by atoms with van der Waals surface area (Å²) in [5.74, 6) is -4.22.